The highest BCUT2D eigenvalue weighted by Crippen LogP contribution is 2.31. The van der Waals surface area contributed by atoms with Crippen molar-refractivity contribution in [2.75, 3.05) is 57.3 Å². The van der Waals surface area contributed by atoms with Crippen LogP contribution in [-0.4, -0.2) is 98.7 Å². The van der Waals surface area contributed by atoms with Gasteiger partial charge in [0, 0.05) is 65.2 Å². The number of hydrogen-bond donors (Lipinski definition) is 10. The number of anilines is 8. The lowest BCUT2D eigenvalue weighted by molar-refractivity contribution is 0.0621. The van der Waals surface area contributed by atoms with E-state index in [1.807, 2.05) is 77.9 Å². The maximum absolute atomic E-state index is 12.3. The Bertz CT molecular complexity index is 5030. The minimum atomic E-state index is -3.83. The second-order valence-corrected chi connectivity index (χ2v) is 39.7. The fourth-order valence-electron chi connectivity index (χ4n) is 8.16. The van der Waals surface area contributed by atoms with Crippen LogP contribution in [0.3, 0.4) is 0 Å². The highest BCUT2D eigenvalue weighted by molar-refractivity contribution is 9.10. The Morgan fingerprint density at radius 1 is 0.384 bits per heavy atom. The summed E-state index contributed by atoms with van der Waals surface area (Å²) < 4.78 is 120. The molecule has 4 amide bonds. The molecule has 0 radical (unpaired) electrons. The van der Waals surface area contributed by atoms with Crippen LogP contribution >= 0.6 is 65.0 Å². The SMILES string of the molecule is CC(C)(C)OC(=O)Nc1ccc(Br)cc1NC(=O)OC(C)(C)C.Cc1ccc(S(=O)(=O)Cl)cc1.Cc1ccc(S(=O)(=O)Cl)cc1NC(=O)OC(C)(C)C.Cc1ccc(S(=O)(=O)NCCCNS(=O)(=O)c2ccc(N)c(N)c2)cc1.Cc1ccc(SC(=O)c2ccccc2)cc1NC(=O)OC(C)(C)C.Nc1ccc(Br)cc1N. The number of hydrogen-bond acceptors (Lipinski definition) is 22. The molecule has 610 valence electrons. The summed E-state index contributed by atoms with van der Waals surface area (Å²) in [5, 5.41) is 10.4. The Morgan fingerprint density at radius 2 is 0.741 bits per heavy atom. The number of nitrogens with two attached hydrogens (primary N) is 4. The number of aryl methyl sites for hydroxylation is 4. The summed E-state index contributed by atoms with van der Waals surface area (Å²) in [4.78, 5) is 60.6. The van der Waals surface area contributed by atoms with Crippen LogP contribution in [0.25, 0.3) is 0 Å². The number of nitrogen functional groups attached to an aromatic ring is 4. The van der Waals surface area contributed by atoms with Crippen molar-refractivity contribution < 1.29 is 76.6 Å². The highest BCUT2D eigenvalue weighted by Gasteiger charge is 2.24. The van der Waals surface area contributed by atoms with Crippen LogP contribution in [0.5, 0.6) is 0 Å². The fourth-order valence-corrected chi connectivity index (χ4v) is 13.4. The number of nitrogens with one attached hydrogen (secondary N) is 6. The molecule has 27 nitrogen and oxygen atoms in total. The van der Waals surface area contributed by atoms with Crippen molar-refractivity contribution in [1.82, 2.24) is 9.44 Å². The number of ether oxygens (including phenoxy) is 4. The van der Waals surface area contributed by atoms with E-state index < -0.39 is 84.9 Å². The summed E-state index contributed by atoms with van der Waals surface area (Å²) in [6.45, 7) is 28.8. The standard InChI is InChI=1S/C19H21NO3S.C16H23BrN2O4.C16H22N4O4S2.C12H16ClNO4S.C7H7ClO2S.C6H7BrN2/c1-13-10-11-15(24-17(21)14-8-6-5-7-9-14)12-16(13)20-18(22)23-19(2,3)4;1-15(2,3)22-13(20)18-11-8-7-10(17)9-12(11)19-14(21)23-16(4,5)6;1-12-3-5-13(6-4-12)25(21,22)19-9-2-10-20-26(23,24)14-7-8-15(17)16(18)11-14;1-8-5-6-9(19(13,16)17)7-10(8)14-11(15)18-12(2,3)4;1-6-2-4-7(5-3-6)11(8,9)10;7-4-1-2-5(8)6(9)3-4/h5-12H,1-4H3,(H,20,22);7-9H,1-6H3,(H,18,20)(H,19,21);3-8,11,19-20H,2,9-10,17-18H2,1H3;5-7H,1-4H3,(H,14,15);2-5H,1H3;1-3H,8-9H2. The van der Waals surface area contributed by atoms with Crippen LogP contribution in [0.1, 0.15) is 122 Å². The summed E-state index contributed by atoms with van der Waals surface area (Å²) in [7, 11) is -4.39. The third kappa shape index (κ3) is 38.7. The van der Waals surface area contributed by atoms with Gasteiger partial charge in [-0.25, -0.2) is 62.3 Å². The molecular formula is C76H96Br2Cl2N10O17S5. The van der Waals surface area contributed by atoms with Gasteiger partial charge in [-0.15, -0.1) is 0 Å². The van der Waals surface area contributed by atoms with Gasteiger partial charge in [0.05, 0.1) is 53.7 Å². The normalized spacial score (nSPS) is 11.5. The molecule has 0 saturated heterocycles. The van der Waals surface area contributed by atoms with Crippen molar-refractivity contribution in [2.45, 2.75) is 164 Å². The number of carbonyl (C=O) groups excluding carboxylic acids is 5. The zero-order valence-corrected chi connectivity index (χ0v) is 73.4. The van der Waals surface area contributed by atoms with E-state index in [2.05, 4.69) is 62.6 Å². The van der Waals surface area contributed by atoms with Crippen LogP contribution in [0, 0.1) is 27.7 Å². The third-order valence-corrected chi connectivity index (χ3v) is 21.0. The quantitative estimate of drug-likeness (QED) is 0.0141. The van der Waals surface area contributed by atoms with Crippen LogP contribution < -0.4 is 53.6 Å². The molecule has 8 rings (SSSR count). The van der Waals surface area contributed by atoms with Gasteiger partial charge in [0.15, 0.2) is 0 Å². The van der Waals surface area contributed by atoms with Crippen molar-refractivity contribution in [1.29, 1.82) is 0 Å². The Kier molecular flexibility index (Phi) is 37.4. The van der Waals surface area contributed by atoms with E-state index in [-0.39, 0.29) is 49.9 Å². The molecule has 14 N–H and O–H groups in total. The van der Waals surface area contributed by atoms with Crippen molar-refractivity contribution >= 4 is 178 Å². The Labute approximate surface area is 686 Å². The molecule has 0 saturated carbocycles. The monoisotopic (exact) mass is 1810 g/mol. The van der Waals surface area contributed by atoms with E-state index in [0.29, 0.717) is 50.9 Å². The number of amides is 4. The van der Waals surface area contributed by atoms with E-state index in [1.54, 1.807) is 148 Å². The summed E-state index contributed by atoms with van der Waals surface area (Å²) in [6.07, 6.45) is -2.09. The van der Waals surface area contributed by atoms with Gasteiger partial charge < -0.3 is 41.9 Å². The van der Waals surface area contributed by atoms with Crippen molar-refractivity contribution in [3.8, 4) is 0 Å². The molecular weight excluding hydrogens is 1720 g/mol. The third-order valence-electron chi connectivity index (χ3n) is 13.4. The summed E-state index contributed by atoms with van der Waals surface area (Å²) in [5.41, 5.74) is 27.4. The molecule has 8 aromatic carbocycles. The number of sulfonamides is 2. The predicted molar refractivity (Wildman–Crippen MR) is 454 cm³/mol. The van der Waals surface area contributed by atoms with Gasteiger partial charge in [-0.2, -0.15) is 0 Å². The van der Waals surface area contributed by atoms with Crippen LogP contribution in [-0.2, 0) is 57.1 Å². The second kappa shape index (κ2) is 43.0. The first kappa shape index (κ1) is 97.5. The van der Waals surface area contributed by atoms with Crippen LogP contribution in [0.2, 0.25) is 0 Å². The first-order chi connectivity index (χ1) is 51.4. The Balaban J connectivity index is 0.000000358. The van der Waals surface area contributed by atoms with Gasteiger partial charge in [-0.05, 0) is 243 Å². The van der Waals surface area contributed by atoms with Crippen LogP contribution in [0.15, 0.2) is 203 Å². The number of halogens is 4. The number of carbonyl (C=O) groups is 5. The van der Waals surface area contributed by atoms with Gasteiger partial charge >= 0.3 is 24.4 Å². The molecule has 0 aliphatic rings. The lowest BCUT2D eigenvalue weighted by atomic mass is 10.2. The minimum absolute atomic E-state index is 0.00411. The number of benzene rings is 8. The van der Waals surface area contributed by atoms with Gasteiger partial charge in [-0.3, -0.25) is 26.1 Å². The lowest BCUT2D eigenvalue weighted by Crippen LogP contribution is -2.30. The molecule has 0 atom stereocenters. The Hall–Kier alpha value is -8.68. The van der Waals surface area contributed by atoms with E-state index in [1.165, 1.54) is 54.6 Å². The number of rotatable bonds is 16. The number of thioether (sulfide) groups is 1. The van der Waals surface area contributed by atoms with E-state index in [9.17, 15) is 57.6 Å². The van der Waals surface area contributed by atoms with Gasteiger partial charge in [0.25, 0.3) is 18.1 Å². The van der Waals surface area contributed by atoms with Crippen molar-refractivity contribution in [2.24, 2.45) is 0 Å². The molecule has 112 heavy (non-hydrogen) atoms. The van der Waals surface area contributed by atoms with Crippen molar-refractivity contribution in [3.63, 3.8) is 0 Å². The fraction of sp³-hybridized carbons (Fsp3) is 0.303. The Morgan fingerprint density at radius 3 is 1.16 bits per heavy atom. The summed E-state index contributed by atoms with van der Waals surface area (Å²) >= 11 is 7.72. The maximum atomic E-state index is 12.3. The minimum Gasteiger partial charge on any atom is -0.444 e. The molecule has 0 heterocycles. The molecule has 8 aromatic rings. The molecule has 0 aliphatic carbocycles. The summed E-state index contributed by atoms with van der Waals surface area (Å²) in [5.74, 6) is 0. The second-order valence-electron chi connectivity index (χ2n) is 28.1. The van der Waals surface area contributed by atoms with E-state index in [4.69, 9.17) is 63.2 Å². The predicted octanol–water partition coefficient (Wildman–Crippen LogP) is 18.0. The summed E-state index contributed by atoms with van der Waals surface area (Å²) in [6, 6.07) is 46.2. The van der Waals surface area contributed by atoms with Crippen molar-refractivity contribution in [3.05, 3.63) is 207 Å². The molecule has 0 fully saturated rings. The van der Waals surface area contributed by atoms with Gasteiger partial charge in [0.2, 0.25) is 25.2 Å². The van der Waals surface area contributed by atoms with Gasteiger partial charge in [-0.1, -0.05) is 110 Å². The molecule has 0 aliphatic heterocycles. The lowest BCUT2D eigenvalue weighted by Gasteiger charge is -2.22. The highest BCUT2D eigenvalue weighted by atomic mass is 79.9. The molecule has 0 bridgehead atoms. The largest absolute Gasteiger partial charge is 0.444 e. The average molecular weight is 1810 g/mol. The first-order valence-electron chi connectivity index (χ1n) is 33.7. The molecule has 36 heteroatoms. The smallest absolute Gasteiger partial charge is 0.412 e. The van der Waals surface area contributed by atoms with E-state index >= 15 is 0 Å². The first-order valence-corrected chi connectivity index (χ1v) is 43.6. The molecule has 0 spiro atoms. The van der Waals surface area contributed by atoms with Gasteiger partial charge in [0.1, 0.15) is 22.4 Å². The molecule has 0 unspecified atom stereocenters. The zero-order chi connectivity index (χ0) is 85.1. The molecule has 0 aromatic heterocycles. The topological polar surface area (TPSA) is 435 Å². The average Bonchev–Trinajstić information content (AvgIpc) is 0.828. The van der Waals surface area contributed by atoms with Crippen LogP contribution in [0.4, 0.5) is 64.7 Å². The van der Waals surface area contributed by atoms with E-state index in [0.717, 1.165) is 42.3 Å². The maximum Gasteiger partial charge on any atom is 0.412 e. The zero-order valence-electron chi connectivity index (χ0n) is 64.6.